The third-order valence-electron chi connectivity index (χ3n) is 5.28. The molecule has 1 saturated carbocycles. The Balaban J connectivity index is 1.88. The lowest BCUT2D eigenvalue weighted by atomic mass is 9.67. The molecule has 0 heterocycles. The smallest absolute Gasteiger partial charge is 0.118 e. The first kappa shape index (κ1) is 16.9. The maximum Gasteiger partial charge on any atom is 0.118 e. The molecular weight excluding hydrogens is 270 g/mol. The van der Waals surface area contributed by atoms with Crippen molar-refractivity contribution in [2.45, 2.75) is 70.6 Å². The molecule has 0 spiro atoms. The molecule has 0 bridgehead atoms. The largest absolute Gasteiger partial charge is 0.497 e. The van der Waals surface area contributed by atoms with Crippen LogP contribution in [0.1, 0.15) is 76.2 Å². The number of rotatable bonds is 7. The SMILES string of the molecule is CCCCCC[C@]1(C#N)CC[C@H](c2ccc(OC)cc2)CC1. The van der Waals surface area contributed by atoms with Gasteiger partial charge in [0.1, 0.15) is 5.75 Å². The van der Waals surface area contributed by atoms with Crippen molar-refractivity contribution in [1.82, 2.24) is 0 Å². The molecular formula is C20H29NO. The van der Waals surface area contributed by atoms with Gasteiger partial charge in [-0.05, 0) is 55.7 Å². The molecule has 1 aromatic rings. The van der Waals surface area contributed by atoms with Crippen LogP contribution in [0.5, 0.6) is 5.75 Å². The van der Waals surface area contributed by atoms with E-state index in [4.69, 9.17) is 4.74 Å². The zero-order valence-electron chi connectivity index (χ0n) is 14.1. The molecule has 120 valence electrons. The average molecular weight is 299 g/mol. The van der Waals surface area contributed by atoms with Crippen LogP contribution >= 0.6 is 0 Å². The van der Waals surface area contributed by atoms with Gasteiger partial charge >= 0.3 is 0 Å². The minimum atomic E-state index is -0.0449. The van der Waals surface area contributed by atoms with Crippen LogP contribution in [0.25, 0.3) is 0 Å². The summed E-state index contributed by atoms with van der Waals surface area (Å²) in [6, 6.07) is 11.1. The van der Waals surface area contributed by atoms with Gasteiger partial charge in [-0.3, -0.25) is 0 Å². The van der Waals surface area contributed by atoms with Crippen LogP contribution in [0.15, 0.2) is 24.3 Å². The Morgan fingerprint density at radius 3 is 2.36 bits per heavy atom. The minimum absolute atomic E-state index is 0.0449. The summed E-state index contributed by atoms with van der Waals surface area (Å²) in [7, 11) is 1.70. The van der Waals surface area contributed by atoms with E-state index in [9.17, 15) is 5.26 Å². The fraction of sp³-hybridized carbons (Fsp3) is 0.650. The predicted molar refractivity (Wildman–Crippen MR) is 91.0 cm³/mol. The summed E-state index contributed by atoms with van der Waals surface area (Å²) in [5.41, 5.74) is 1.36. The van der Waals surface area contributed by atoms with Gasteiger partial charge in [-0.15, -0.1) is 0 Å². The summed E-state index contributed by atoms with van der Waals surface area (Å²) in [4.78, 5) is 0. The van der Waals surface area contributed by atoms with Crippen molar-refractivity contribution >= 4 is 0 Å². The molecule has 2 rings (SSSR count). The molecule has 0 saturated heterocycles. The van der Waals surface area contributed by atoms with Crippen LogP contribution < -0.4 is 4.74 Å². The van der Waals surface area contributed by atoms with Gasteiger partial charge < -0.3 is 4.74 Å². The molecule has 0 radical (unpaired) electrons. The van der Waals surface area contributed by atoms with E-state index in [1.807, 2.05) is 12.1 Å². The molecule has 0 atom stereocenters. The van der Waals surface area contributed by atoms with E-state index in [-0.39, 0.29) is 5.41 Å². The van der Waals surface area contributed by atoms with E-state index in [0.717, 1.165) is 37.9 Å². The van der Waals surface area contributed by atoms with Crippen LogP contribution in [-0.4, -0.2) is 7.11 Å². The summed E-state index contributed by atoms with van der Waals surface area (Å²) < 4.78 is 5.23. The van der Waals surface area contributed by atoms with Crippen LogP contribution in [0.4, 0.5) is 0 Å². The van der Waals surface area contributed by atoms with Gasteiger partial charge in [-0.25, -0.2) is 0 Å². The van der Waals surface area contributed by atoms with E-state index in [2.05, 4.69) is 25.1 Å². The summed E-state index contributed by atoms with van der Waals surface area (Å²) in [6.07, 6.45) is 10.6. The second-order valence-electron chi connectivity index (χ2n) is 6.75. The molecule has 2 nitrogen and oxygen atoms in total. The highest BCUT2D eigenvalue weighted by Gasteiger charge is 2.35. The highest BCUT2D eigenvalue weighted by Crippen LogP contribution is 2.45. The Hall–Kier alpha value is -1.49. The minimum Gasteiger partial charge on any atom is -0.497 e. The van der Waals surface area contributed by atoms with Crippen molar-refractivity contribution in [3.8, 4) is 11.8 Å². The summed E-state index contributed by atoms with van der Waals surface area (Å²) in [5.74, 6) is 1.53. The normalized spacial score (nSPS) is 24.7. The van der Waals surface area contributed by atoms with Gasteiger partial charge in [0.15, 0.2) is 0 Å². The highest BCUT2D eigenvalue weighted by atomic mass is 16.5. The number of hydrogen-bond donors (Lipinski definition) is 0. The number of nitrogens with zero attached hydrogens (tertiary/aromatic N) is 1. The van der Waals surface area contributed by atoms with Gasteiger partial charge in [0.2, 0.25) is 0 Å². The van der Waals surface area contributed by atoms with E-state index < -0.39 is 0 Å². The van der Waals surface area contributed by atoms with Crippen molar-refractivity contribution < 1.29 is 4.74 Å². The number of methoxy groups -OCH3 is 1. The van der Waals surface area contributed by atoms with Gasteiger partial charge in [-0.2, -0.15) is 5.26 Å². The summed E-state index contributed by atoms with van der Waals surface area (Å²) in [6.45, 7) is 2.24. The summed E-state index contributed by atoms with van der Waals surface area (Å²) >= 11 is 0. The first-order chi connectivity index (χ1) is 10.7. The summed E-state index contributed by atoms with van der Waals surface area (Å²) in [5, 5.41) is 9.66. The second-order valence-corrected chi connectivity index (χ2v) is 6.75. The molecule has 0 aliphatic heterocycles. The van der Waals surface area contributed by atoms with E-state index in [0.29, 0.717) is 5.92 Å². The first-order valence-electron chi connectivity index (χ1n) is 8.78. The third kappa shape index (κ3) is 4.26. The van der Waals surface area contributed by atoms with Crippen molar-refractivity contribution in [3.05, 3.63) is 29.8 Å². The molecule has 1 aromatic carbocycles. The van der Waals surface area contributed by atoms with Gasteiger partial charge in [0.05, 0.1) is 18.6 Å². The molecule has 1 aliphatic carbocycles. The Kier molecular flexibility index (Phi) is 6.31. The Bertz CT molecular complexity index is 477. The molecule has 2 heteroatoms. The Morgan fingerprint density at radius 2 is 1.82 bits per heavy atom. The molecule has 22 heavy (non-hydrogen) atoms. The fourth-order valence-corrected chi connectivity index (χ4v) is 3.69. The number of hydrogen-bond acceptors (Lipinski definition) is 2. The van der Waals surface area contributed by atoms with Crippen LogP contribution in [0.3, 0.4) is 0 Å². The monoisotopic (exact) mass is 299 g/mol. The van der Waals surface area contributed by atoms with Crippen LogP contribution in [0, 0.1) is 16.7 Å². The number of benzene rings is 1. The van der Waals surface area contributed by atoms with Crippen molar-refractivity contribution in [3.63, 3.8) is 0 Å². The van der Waals surface area contributed by atoms with Crippen LogP contribution in [-0.2, 0) is 0 Å². The molecule has 0 unspecified atom stereocenters. The lowest BCUT2D eigenvalue weighted by Crippen LogP contribution is -2.25. The van der Waals surface area contributed by atoms with Gasteiger partial charge in [0.25, 0.3) is 0 Å². The zero-order chi connectivity index (χ0) is 15.8. The Labute approximate surface area is 135 Å². The standard InChI is InChI=1S/C20H29NO/c1-3-4-5-6-13-20(16-21)14-11-18(12-15-20)17-7-9-19(22-2)10-8-17/h7-10,18H,3-6,11-15H2,1-2H3/t18-,20-. The van der Waals surface area contributed by atoms with E-state index >= 15 is 0 Å². The number of ether oxygens (including phenoxy) is 1. The lowest BCUT2D eigenvalue weighted by molar-refractivity contribution is 0.223. The topological polar surface area (TPSA) is 33.0 Å². The highest BCUT2D eigenvalue weighted by molar-refractivity contribution is 5.30. The van der Waals surface area contributed by atoms with E-state index in [1.54, 1.807) is 7.11 Å². The Morgan fingerprint density at radius 1 is 1.14 bits per heavy atom. The van der Waals surface area contributed by atoms with Crippen molar-refractivity contribution in [1.29, 1.82) is 5.26 Å². The van der Waals surface area contributed by atoms with Crippen molar-refractivity contribution in [2.24, 2.45) is 5.41 Å². The fourth-order valence-electron chi connectivity index (χ4n) is 3.69. The predicted octanol–water partition coefficient (Wildman–Crippen LogP) is 5.83. The molecule has 0 amide bonds. The molecule has 0 aromatic heterocycles. The number of nitriles is 1. The molecule has 1 aliphatic rings. The second kappa shape index (κ2) is 8.22. The van der Waals surface area contributed by atoms with Crippen LogP contribution in [0.2, 0.25) is 0 Å². The van der Waals surface area contributed by atoms with Gasteiger partial charge in [0, 0.05) is 0 Å². The molecule has 0 N–H and O–H groups in total. The zero-order valence-corrected chi connectivity index (χ0v) is 14.1. The third-order valence-corrected chi connectivity index (χ3v) is 5.28. The maximum atomic E-state index is 9.66. The van der Waals surface area contributed by atoms with E-state index in [1.165, 1.54) is 31.2 Å². The van der Waals surface area contributed by atoms with Crippen molar-refractivity contribution in [2.75, 3.05) is 7.11 Å². The van der Waals surface area contributed by atoms with Gasteiger partial charge in [-0.1, -0.05) is 44.7 Å². The first-order valence-corrected chi connectivity index (χ1v) is 8.78. The average Bonchev–Trinajstić information content (AvgIpc) is 2.59. The maximum absolute atomic E-state index is 9.66. The lowest BCUT2D eigenvalue weighted by Gasteiger charge is -2.35. The number of unbranched alkanes of at least 4 members (excludes halogenated alkanes) is 3. The quantitative estimate of drug-likeness (QED) is 0.593. The molecule has 1 fully saturated rings.